The molecule has 0 radical (unpaired) electrons. The lowest BCUT2D eigenvalue weighted by Gasteiger charge is -2.33. The van der Waals surface area contributed by atoms with Crippen LogP contribution in [0.4, 0.5) is 5.69 Å². The highest BCUT2D eigenvalue weighted by molar-refractivity contribution is 5.58. The van der Waals surface area contributed by atoms with Crippen LogP contribution in [0.2, 0.25) is 0 Å². The van der Waals surface area contributed by atoms with Crippen molar-refractivity contribution in [2.45, 2.75) is 13.0 Å². The van der Waals surface area contributed by atoms with Crippen molar-refractivity contribution in [2.75, 3.05) is 24.6 Å². The van der Waals surface area contributed by atoms with Crippen LogP contribution in [-0.4, -0.2) is 39.9 Å². The van der Waals surface area contributed by atoms with Crippen LogP contribution in [0.25, 0.3) is 0 Å². The van der Waals surface area contributed by atoms with Gasteiger partial charge in [0.1, 0.15) is 18.0 Å². The minimum Gasteiger partial charge on any atom is -0.366 e. The van der Waals surface area contributed by atoms with Crippen molar-refractivity contribution >= 4 is 5.69 Å². The third-order valence-corrected chi connectivity index (χ3v) is 3.23. The van der Waals surface area contributed by atoms with Gasteiger partial charge in [0.05, 0.1) is 24.4 Å². The second kappa shape index (κ2) is 5.27. The Morgan fingerprint density at radius 2 is 2.45 bits per heavy atom. The number of H-pyrrole nitrogens is 1. The zero-order valence-electron chi connectivity index (χ0n) is 11.1. The lowest BCUT2D eigenvalue weighted by Crippen LogP contribution is -2.39. The predicted octanol–water partition coefficient (Wildman–Crippen LogP) is 0.958. The number of hydrogen-bond acceptors (Lipinski definition) is 6. The van der Waals surface area contributed by atoms with E-state index in [0.717, 1.165) is 18.1 Å². The van der Waals surface area contributed by atoms with Crippen molar-refractivity contribution in [2.24, 2.45) is 0 Å². The number of aromatic nitrogens is 4. The zero-order chi connectivity index (χ0) is 13.9. The maximum atomic E-state index is 9.16. The summed E-state index contributed by atoms with van der Waals surface area (Å²) in [6.45, 7) is 3.79. The summed E-state index contributed by atoms with van der Waals surface area (Å²) < 4.78 is 5.72. The Morgan fingerprint density at radius 3 is 3.20 bits per heavy atom. The lowest BCUT2D eigenvalue weighted by atomic mass is 10.2. The van der Waals surface area contributed by atoms with E-state index in [2.05, 4.69) is 31.1 Å². The standard InChI is InChI=1S/C13H14N6O/c1-9-16-13(18-17-9)12-8-19(4-5-20-12)11-2-3-15-7-10(11)6-14/h2-3,7,12H,4-5,8H2,1H3,(H,16,17,18). The molecule has 1 atom stereocenters. The average Bonchev–Trinajstić information content (AvgIpc) is 2.94. The summed E-state index contributed by atoms with van der Waals surface area (Å²) in [5, 5.41) is 16.1. The molecule has 7 heteroatoms. The number of aryl methyl sites for hydroxylation is 1. The number of rotatable bonds is 2. The summed E-state index contributed by atoms with van der Waals surface area (Å²) in [7, 11) is 0. The number of nitrogens with one attached hydrogen (secondary N) is 1. The van der Waals surface area contributed by atoms with Crippen LogP contribution in [0.1, 0.15) is 23.3 Å². The van der Waals surface area contributed by atoms with Crippen molar-refractivity contribution in [3.05, 3.63) is 35.7 Å². The van der Waals surface area contributed by atoms with Gasteiger partial charge >= 0.3 is 0 Å². The Hall–Kier alpha value is -2.46. The van der Waals surface area contributed by atoms with Crippen LogP contribution in [-0.2, 0) is 4.74 Å². The number of morpholine rings is 1. The minimum atomic E-state index is -0.187. The molecule has 102 valence electrons. The molecule has 0 bridgehead atoms. The molecular formula is C13H14N6O. The van der Waals surface area contributed by atoms with E-state index < -0.39 is 0 Å². The fraction of sp³-hybridized carbons (Fsp3) is 0.385. The molecule has 1 aliphatic heterocycles. The van der Waals surface area contributed by atoms with E-state index in [1.165, 1.54) is 0 Å². The molecule has 7 nitrogen and oxygen atoms in total. The summed E-state index contributed by atoms with van der Waals surface area (Å²) >= 11 is 0. The van der Waals surface area contributed by atoms with Crippen molar-refractivity contribution in [1.29, 1.82) is 5.26 Å². The molecule has 0 spiro atoms. The van der Waals surface area contributed by atoms with Crippen LogP contribution in [0, 0.1) is 18.3 Å². The van der Waals surface area contributed by atoms with E-state index in [1.807, 2.05) is 13.0 Å². The Balaban J connectivity index is 1.83. The van der Waals surface area contributed by atoms with Crippen LogP contribution in [0.5, 0.6) is 0 Å². The van der Waals surface area contributed by atoms with Gasteiger partial charge in [-0.25, -0.2) is 4.98 Å². The molecule has 0 saturated carbocycles. The van der Waals surface area contributed by atoms with Gasteiger partial charge < -0.3 is 9.64 Å². The van der Waals surface area contributed by atoms with E-state index in [4.69, 9.17) is 10.00 Å². The van der Waals surface area contributed by atoms with Gasteiger partial charge in [-0.2, -0.15) is 10.4 Å². The molecule has 3 heterocycles. The summed E-state index contributed by atoms with van der Waals surface area (Å²) in [6, 6.07) is 4.02. The molecule has 2 aromatic heterocycles. The molecule has 1 aliphatic rings. The van der Waals surface area contributed by atoms with Crippen molar-refractivity contribution in [3.63, 3.8) is 0 Å². The first kappa shape index (κ1) is 12.6. The molecule has 0 aromatic carbocycles. The number of aromatic amines is 1. The third-order valence-electron chi connectivity index (χ3n) is 3.23. The summed E-state index contributed by atoms with van der Waals surface area (Å²) in [6.07, 6.45) is 3.09. The van der Waals surface area contributed by atoms with Crippen LogP contribution in [0.15, 0.2) is 18.5 Å². The number of ether oxygens (including phenoxy) is 1. The molecule has 3 rings (SSSR count). The third kappa shape index (κ3) is 2.33. The zero-order valence-corrected chi connectivity index (χ0v) is 11.1. The lowest BCUT2D eigenvalue weighted by molar-refractivity contribution is 0.0342. The molecule has 0 aliphatic carbocycles. The Morgan fingerprint density at radius 1 is 1.55 bits per heavy atom. The summed E-state index contributed by atoms with van der Waals surface area (Å²) in [5.74, 6) is 1.42. The largest absolute Gasteiger partial charge is 0.366 e. The number of anilines is 1. The van der Waals surface area contributed by atoms with Gasteiger partial charge in [-0.1, -0.05) is 0 Å². The predicted molar refractivity (Wildman–Crippen MR) is 71.0 cm³/mol. The first-order valence-electron chi connectivity index (χ1n) is 6.37. The maximum Gasteiger partial charge on any atom is 0.181 e. The smallest absolute Gasteiger partial charge is 0.181 e. The molecule has 0 amide bonds. The normalized spacial score (nSPS) is 18.8. The van der Waals surface area contributed by atoms with Crippen molar-refractivity contribution in [1.82, 2.24) is 20.2 Å². The molecule has 20 heavy (non-hydrogen) atoms. The summed E-state index contributed by atoms with van der Waals surface area (Å²) in [5.41, 5.74) is 1.45. The first-order valence-corrected chi connectivity index (χ1v) is 6.37. The molecule has 1 fully saturated rings. The Bertz CT molecular complexity index is 646. The number of nitriles is 1. The monoisotopic (exact) mass is 270 g/mol. The number of hydrogen-bond donors (Lipinski definition) is 1. The molecule has 1 N–H and O–H groups in total. The molecule has 1 unspecified atom stereocenters. The van der Waals surface area contributed by atoms with Gasteiger partial charge in [0.25, 0.3) is 0 Å². The first-order chi connectivity index (χ1) is 9.78. The Kier molecular flexibility index (Phi) is 3.31. The van der Waals surface area contributed by atoms with Gasteiger partial charge in [-0.15, -0.1) is 0 Å². The molecule has 2 aromatic rings. The second-order valence-corrected chi connectivity index (χ2v) is 4.59. The van der Waals surface area contributed by atoms with Crippen LogP contribution in [0.3, 0.4) is 0 Å². The highest BCUT2D eigenvalue weighted by Gasteiger charge is 2.26. The number of pyridine rings is 1. The van der Waals surface area contributed by atoms with Crippen LogP contribution >= 0.6 is 0 Å². The van der Waals surface area contributed by atoms with Gasteiger partial charge in [-0.05, 0) is 13.0 Å². The Labute approximate surface area is 116 Å². The fourth-order valence-corrected chi connectivity index (χ4v) is 2.28. The minimum absolute atomic E-state index is 0.187. The quantitative estimate of drug-likeness (QED) is 0.874. The van der Waals surface area contributed by atoms with Gasteiger partial charge in [-0.3, -0.25) is 10.1 Å². The molecule has 1 saturated heterocycles. The van der Waals surface area contributed by atoms with E-state index in [9.17, 15) is 0 Å². The SMILES string of the molecule is Cc1nc(C2CN(c3ccncc3C#N)CCO2)n[nH]1. The van der Waals surface area contributed by atoms with E-state index in [1.54, 1.807) is 12.4 Å². The van der Waals surface area contributed by atoms with Crippen molar-refractivity contribution in [3.8, 4) is 6.07 Å². The fourth-order valence-electron chi connectivity index (χ4n) is 2.28. The highest BCUT2D eigenvalue weighted by Crippen LogP contribution is 2.26. The summed E-state index contributed by atoms with van der Waals surface area (Å²) in [4.78, 5) is 10.4. The van der Waals surface area contributed by atoms with Crippen molar-refractivity contribution < 1.29 is 4.74 Å². The van der Waals surface area contributed by atoms with Gasteiger partial charge in [0.15, 0.2) is 5.82 Å². The number of nitrogens with zero attached hydrogens (tertiary/aromatic N) is 5. The van der Waals surface area contributed by atoms with Gasteiger partial charge in [0.2, 0.25) is 0 Å². The maximum absolute atomic E-state index is 9.16. The van der Waals surface area contributed by atoms with E-state index >= 15 is 0 Å². The van der Waals surface area contributed by atoms with Crippen LogP contribution < -0.4 is 4.90 Å². The van der Waals surface area contributed by atoms with Gasteiger partial charge in [0, 0.05) is 18.9 Å². The second-order valence-electron chi connectivity index (χ2n) is 4.59. The van der Waals surface area contributed by atoms with E-state index in [-0.39, 0.29) is 6.10 Å². The van der Waals surface area contributed by atoms with E-state index in [0.29, 0.717) is 24.5 Å². The highest BCUT2D eigenvalue weighted by atomic mass is 16.5. The molecular weight excluding hydrogens is 256 g/mol. The topological polar surface area (TPSA) is 90.7 Å². The average molecular weight is 270 g/mol.